The Hall–Kier alpha value is -0.870. The molecule has 0 saturated heterocycles. The third-order valence-electron chi connectivity index (χ3n) is 6.63. The summed E-state index contributed by atoms with van der Waals surface area (Å²) in [6, 6.07) is 0. The van der Waals surface area contributed by atoms with Crippen LogP contribution < -0.4 is 0 Å². The summed E-state index contributed by atoms with van der Waals surface area (Å²) in [6.45, 7) is 8.04. The molecule has 1 aliphatic rings. The van der Waals surface area contributed by atoms with E-state index in [1.54, 1.807) is 0 Å². The molecule has 0 aromatic rings. The molecule has 0 aromatic carbocycles. The van der Waals surface area contributed by atoms with Crippen LogP contribution in [0.4, 0.5) is 0 Å². The van der Waals surface area contributed by atoms with E-state index in [0.717, 1.165) is 57.8 Å². The summed E-state index contributed by atoms with van der Waals surface area (Å²) in [5, 5.41) is 29.5. The van der Waals surface area contributed by atoms with Crippen LogP contribution in [0.2, 0.25) is 0 Å². The molecule has 3 N–H and O–H groups in total. The quantitative estimate of drug-likeness (QED) is 0.189. The van der Waals surface area contributed by atoms with E-state index in [0.29, 0.717) is 5.92 Å². The molecule has 0 aromatic heterocycles. The summed E-state index contributed by atoms with van der Waals surface area (Å²) in [4.78, 5) is 10.6. The van der Waals surface area contributed by atoms with Gasteiger partial charge in [-0.3, -0.25) is 4.79 Å². The van der Waals surface area contributed by atoms with Crippen LogP contribution in [0.3, 0.4) is 0 Å². The van der Waals surface area contributed by atoms with Gasteiger partial charge in [0, 0.05) is 12.3 Å². The number of unbranched alkanes of at least 4 members (excludes halogenated alkanes) is 4. The Morgan fingerprint density at radius 2 is 1.82 bits per heavy atom. The number of hydrogen-bond donors (Lipinski definition) is 3. The smallest absolute Gasteiger partial charge is 0.303 e. The van der Waals surface area contributed by atoms with Gasteiger partial charge in [-0.25, -0.2) is 0 Å². The number of carbonyl (C=O) groups is 1. The van der Waals surface area contributed by atoms with Crippen LogP contribution in [0.5, 0.6) is 0 Å². The number of hydrogen-bond acceptors (Lipinski definition) is 3. The average Bonchev–Trinajstić information content (AvgIpc) is 3.02. The van der Waals surface area contributed by atoms with Gasteiger partial charge in [0.1, 0.15) is 0 Å². The Labute approximate surface area is 172 Å². The summed E-state index contributed by atoms with van der Waals surface area (Å²) >= 11 is 0. The predicted molar refractivity (Wildman–Crippen MR) is 115 cm³/mol. The lowest BCUT2D eigenvalue weighted by Crippen LogP contribution is -2.43. The van der Waals surface area contributed by atoms with Crippen LogP contribution >= 0.6 is 0 Å². The van der Waals surface area contributed by atoms with Gasteiger partial charge in [-0.05, 0) is 63.2 Å². The molecule has 0 bridgehead atoms. The van der Waals surface area contributed by atoms with Crippen molar-refractivity contribution in [3.8, 4) is 0 Å². The third kappa shape index (κ3) is 9.09. The Morgan fingerprint density at radius 3 is 2.43 bits per heavy atom. The van der Waals surface area contributed by atoms with E-state index in [2.05, 4.69) is 26.8 Å². The van der Waals surface area contributed by atoms with Gasteiger partial charge in [0.15, 0.2) is 5.79 Å². The summed E-state index contributed by atoms with van der Waals surface area (Å²) in [7, 11) is 0. The van der Waals surface area contributed by atoms with Gasteiger partial charge in [-0.15, -0.1) is 0 Å². The summed E-state index contributed by atoms with van der Waals surface area (Å²) < 4.78 is 0. The second-order valence-electron chi connectivity index (χ2n) is 9.69. The summed E-state index contributed by atoms with van der Waals surface area (Å²) in [6.07, 6.45) is 15.4. The monoisotopic (exact) mass is 396 g/mol. The molecular weight excluding hydrogens is 352 g/mol. The molecule has 1 rings (SSSR count). The van der Waals surface area contributed by atoms with Crippen LogP contribution in [0.15, 0.2) is 11.6 Å². The van der Waals surface area contributed by atoms with Crippen LogP contribution in [-0.4, -0.2) is 27.1 Å². The first-order chi connectivity index (χ1) is 13.1. The van der Waals surface area contributed by atoms with Gasteiger partial charge in [0.2, 0.25) is 0 Å². The van der Waals surface area contributed by atoms with E-state index < -0.39 is 11.8 Å². The van der Waals surface area contributed by atoms with Crippen molar-refractivity contribution in [1.29, 1.82) is 0 Å². The second-order valence-corrected chi connectivity index (χ2v) is 9.69. The van der Waals surface area contributed by atoms with Gasteiger partial charge in [0.05, 0.1) is 0 Å². The van der Waals surface area contributed by atoms with Gasteiger partial charge in [-0.2, -0.15) is 0 Å². The van der Waals surface area contributed by atoms with Crippen molar-refractivity contribution in [2.24, 2.45) is 17.3 Å². The zero-order chi connectivity index (χ0) is 21.2. The molecule has 0 amide bonds. The van der Waals surface area contributed by atoms with E-state index >= 15 is 0 Å². The van der Waals surface area contributed by atoms with Gasteiger partial charge < -0.3 is 15.3 Å². The highest BCUT2D eigenvalue weighted by Crippen LogP contribution is 2.42. The van der Waals surface area contributed by atoms with Gasteiger partial charge in [-0.1, -0.05) is 64.5 Å². The molecule has 0 radical (unpaired) electrons. The number of carboxylic acids is 1. The minimum absolute atomic E-state index is 0.108. The van der Waals surface area contributed by atoms with Crippen molar-refractivity contribution in [2.75, 3.05) is 0 Å². The summed E-state index contributed by atoms with van der Waals surface area (Å²) in [5.74, 6) is -1.90. The Morgan fingerprint density at radius 1 is 1.14 bits per heavy atom. The van der Waals surface area contributed by atoms with E-state index in [1.165, 1.54) is 31.8 Å². The van der Waals surface area contributed by atoms with E-state index in [-0.39, 0.29) is 17.8 Å². The number of carboxylic acid groups (broad SMARTS) is 1. The van der Waals surface area contributed by atoms with Crippen LogP contribution in [-0.2, 0) is 4.79 Å². The minimum atomic E-state index is -1.66. The van der Waals surface area contributed by atoms with Crippen LogP contribution in [0.25, 0.3) is 0 Å². The Kier molecular flexibility index (Phi) is 10.8. The lowest BCUT2D eigenvalue weighted by molar-refractivity contribution is -0.210. The standard InChI is InChI=1S/C24H44O4/c1-5-6-18-23(2,3)21(24(4,27)28)17-16-20-14-11-13-19(20)12-9-7-8-10-15-22(25)26/h16,19,21,27-28H,5-15,17-18H2,1-4H3,(H,25,26)/t19-,21?/m0/s1. The van der Waals surface area contributed by atoms with Crippen LogP contribution in [0, 0.1) is 17.3 Å². The van der Waals surface area contributed by atoms with Crippen molar-refractivity contribution < 1.29 is 20.1 Å². The molecule has 1 unspecified atom stereocenters. The topological polar surface area (TPSA) is 77.8 Å². The molecule has 0 heterocycles. The first kappa shape index (κ1) is 25.2. The number of aliphatic carboxylic acids is 1. The highest BCUT2D eigenvalue weighted by molar-refractivity contribution is 5.66. The first-order valence-electron chi connectivity index (χ1n) is 11.4. The number of aliphatic hydroxyl groups is 2. The molecule has 28 heavy (non-hydrogen) atoms. The molecule has 4 heteroatoms. The fraction of sp³-hybridized carbons (Fsp3) is 0.875. The van der Waals surface area contributed by atoms with E-state index in [4.69, 9.17) is 5.11 Å². The fourth-order valence-electron chi connectivity index (χ4n) is 4.92. The van der Waals surface area contributed by atoms with E-state index in [9.17, 15) is 15.0 Å². The molecule has 0 aliphatic heterocycles. The molecule has 164 valence electrons. The largest absolute Gasteiger partial charge is 0.481 e. The molecule has 4 nitrogen and oxygen atoms in total. The number of rotatable bonds is 14. The van der Waals surface area contributed by atoms with E-state index in [1.807, 2.05) is 0 Å². The van der Waals surface area contributed by atoms with Gasteiger partial charge >= 0.3 is 5.97 Å². The molecular formula is C24H44O4. The van der Waals surface area contributed by atoms with Crippen molar-refractivity contribution in [3.05, 3.63) is 11.6 Å². The lowest BCUT2D eigenvalue weighted by Gasteiger charge is -2.40. The normalized spacial score (nSPS) is 20.6. The predicted octanol–water partition coefficient (Wildman–Crippen LogP) is 6.06. The molecule has 0 spiro atoms. The molecule has 1 fully saturated rings. The maximum Gasteiger partial charge on any atom is 0.303 e. The summed E-state index contributed by atoms with van der Waals surface area (Å²) in [5.41, 5.74) is 1.40. The maximum atomic E-state index is 10.6. The highest BCUT2D eigenvalue weighted by Gasteiger charge is 2.40. The third-order valence-corrected chi connectivity index (χ3v) is 6.63. The second kappa shape index (κ2) is 12.0. The zero-order valence-electron chi connectivity index (χ0n) is 18.7. The Balaban J connectivity index is 2.58. The van der Waals surface area contributed by atoms with Crippen molar-refractivity contribution >= 4 is 5.97 Å². The van der Waals surface area contributed by atoms with Crippen LogP contribution in [0.1, 0.15) is 111 Å². The minimum Gasteiger partial charge on any atom is -0.481 e. The number of allylic oxidation sites excluding steroid dienone is 2. The Bertz CT molecular complexity index is 487. The van der Waals surface area contributed by atoms with Gasteiger partial charge in [0.25, 0.3) is 0 Å². The van der Waals surface area contributed by atoms with Crippen molar-refractivity contribution in [1.82, 2.24) is 0 Å². The average molecular weight is 397 g/mol. The van der Waals surface area contributed by atoms with Crippen molar-refractivity contribution in [3.63, 3.8) is 0 Å². The van der Waals surface area contributed by atoms with Crippen molar-refractivity contribution in [2.45, 2.75) is 117 Å². The highest BCUT2D eigenvalue weighted by atomic mass is 16.5. The SMILES string of the molecule is CCCCC(C)(C)C(CC=C1CCC[C@@H]1CCCCCCC(=O)O)C(C)(O)O. The molecule has 1 saturated carbocycles. The first-order valence-corrected chi connectivity index (χ1v) is 11.4. The molecule has 1 aliphatic carbocycles. The zero-order valence-corrected chi connectivity index (χ0v) is 18.7. The maximum absolute atomic E-state index is 10.6. The molecule has 2 atom stereocenters. The lowest BCUT2D eigenvalue weighted by atomic mass is 9.69. The fourth-order valence-corrected chi connectivity index (χ4v) is 4.92.